The fourth-order valence-electron chi connectivity index (χ4n) is 1.09. The normalized spacial score (nSPS) is 11.9. The molecule has 0 fully saturated rings. The van der Waals surface area contributed by atoms with Gasteiger partial charge in [-0.25, -0.2) is 9.78 Å². The maximum atomic E-state index is 10.9. The van der Waals surface area contributed by atoms with E-state index in [1.165, 1.54) is 19.2 Å². The molecule has 0 spiro atoms. The fourth-order valence-corrected chi connectivity index (χ4v) is 2.51. The van der Waals surface area contributed by atoms with Crippen molar-refractivity contribution in [3.05, 3.63) is 22.3 Å². The van der Waals surface area contributed by atoms with Crippen LogP contribution in [-0.2, 0) is 9.59 Å². The fraction of sp³-hybridized carbons (Fsp3) is 0.300. The molecule has 1 atom stereocenters. The predicted molar refractivity (Wildman–Crippen MR) is 70.2 cm³/mol. The molecule has 0 saturated heterocycles. The van der Waals surface area contributed by atoms with E-state index in [-0.39, 0.29) is 5.75 Å². The van der Waals surface area contributed by atoms with Crippen molar-refractivity contribution < 1.29 is 14.7 Å². The summed E-state index contributed by atoms with van der Waals surface area (Å²) < 4.78 is 0. The summed E-state index contributed by atoms with van der Waals surface area (Å²) in [6.45, 7) is 1.26. The zero-order valence-electron chi connectivity index (χ0n) is 9.31. The largest absolute Gasteiger partial charge is 0.480 e. The third-order valence-electron chi connectivity index (χ3n) is 1.84. The van der Waals surface area contributed by atoms with Crippen molar-refractivity contribution in [2.45, 2.75) is 18.0 Å². The molecule has 1 aromatic heterocycles. The molecular weight excluding hydrogens is 299 g/mol. The van der Waals surface area contributed by atoms with Crippen LogP contribution in [-0.4, -0.2) is 33.8 Å². The van der Waals surface area contributed by atoms with Crippen molar-refractivity contribution in [1.82, 2.24) is 10.3 Å². The Labute approximate surface area is 118 Å². The Balaban J connectivity index is 2.66. The van der Waals surface area contributed by atoms with Gasteiger partial charge in [0.1, 0.15) is 11.1 Å². The highest BCUT2D eigenvalue weighted by Crippen LogP contribution is 2.27. The van der Waals surface area contributed by atoms with Gasteiger partial charge in [-0.3, -0.25) is 4.79 Å². The van der Waals surface area contributed by atoms with Crippen molar-refractivity contribution >= 4 is 46.8 Å². The third kappa shape index (κ3) is 4.72. The van der Waals surface area contributed by atoms with Crippen LogP contribution in [0.1, 0.15) is 6.92 Å². The highest BCUT2D eigenvalue weighted by molar-refractivity contribution is 7.99. The van der Waals surface area contributed by atoms with E-state index in [9.17, 15) is 9.59 Å². The molecule has 0 saturated carbocycles. The predicted octanol–water partition coefficient (Wildman–Crippen LogP) is 2.07. The average molecular weight is 309 g/mol. The molecule has 0 unspecified atom stereocenters. The van der Waals surface area contributed by atoms with Gasteiger partial charge in [0.15, 0.2) is 0 Å². The summed E-state index contributed by atoms with van der Waals surface area (Å²) in [6.07, 6.45) is 1.42. The van der Waals surface area contributed by atoms with Gasteiger partial charge in [-0.2, -0.15) is 0 Å². The van der Waals surface area contributed by atoms with Gasteiger partial charge in [-0.1, -0.05) is 23.2 Å². The minimum absolute atomic E-state index is 0.128. The lowest BCUT2D eigenvalue weighted by Crippen LogP contribution is -2.41. The molecule has 1 amide bonds. The van der Waals surface area contributed by atoms with E-state index in [0.717, 1.165) is 11.8 Å². The number of carbonyl (C=O) groups excluding carboxylic acids is 1. The SMILES string of the molecule is CC(=O)N[C@@H](CSc1ncc(Cl)cc1Cl)C(=O)O. The Hall–Kier alpha value is -0.980. The first kappa shape index (κ1) is 15.1. The van der Waals surface area contributed by atoms with E-state index >= 15 is 0 Å². The van der Waals surface area contributed by atoms with Crippen molar-refractivity contribution in [2.75, 3.05) is 5.75 Å². The summed E-state index contributed by atoms with van der Waals surface area (Å²) in [5.74, 6) is -1.38. The zero-order valence-corrected chi connectivity index (χ0v) is 11.6. The van der Waals surface area contributed by atoms with E-state index in [0.29, 0.717) is 15.1 Å². The van der Waals surface area contributed by atoms with Crippen LogP contribution >= 0.6 is 35.0 Å². The molecule has 1 heterocycles. The number of carboxylic acid groups (broad SMARTS) is 1. The Morgan fingerprint density at radius 3 is 2.72 bits per heavy atom. The molecule has 0 aliphatic heterocycles. The molecule has 18 heavy (non-hydrogen) atoms. The van der Waals surface area contributed by atoms with Gasteiger partial charge in [0.2, 0.25) is 5.91 Å². The van der Waals surface area contributed by atoms with Crippen LogP contribution in [0.4, 0.5) is 0 Å². The van der Waals surface area contributed by atoms with Gasteiger partial charge < -0.3 is 10.4 Å². The number of nitrogens with one attached hydrogen (secondary N) is 1. The van der Waals surface area contributed by atoms with Crippen LogP contribution < -0.4 is 5.32 Å². The maximum absolute atomic E-state index is 10.9. The number of thioether (sulfide) groups is 1. The van der Waals surface area contributed by atoms with E-state index < -0.39 is 17.9 Å². The summed E-state index contributed by atoms with van der Waals surface area (Å²) >= 11 is 12.7. The summed E-state index contributed by atoms with van der Waals surface area (Å²) in [6, 6.07) is 0.535. The molecule has 0 aliphatic carbocycles. The lowest BCUT2D eigenvalue weighted by Gasteiger charge is -2.12. The van der Waals surface area contributed by atoms with E-state index in [1.807, 2.05) is 0 Å². The summed E-state index contributed by atoms with van der Waals surface area (Å²) in [4.78, 5) is 25.7. The number of rotatable bonds is 5. The number of aliphatic carboxylic acids is 1. The monoisotopic (exact) mass is 308 g/mol. The molecule has 0 bridgehead atoms. The van der Waals surface area contributed by atoms with Crippen LogP contribution in [0.25, 0.3) is 0 Å². The number of hydrogen-bond acceptors (Lipinski definition) is 4. The van der Waals surface area contributed by atoms with Crippen LogP contribution in [0, 0.1) is 0 Å². The lowest BCUT2D eigenvalue weighted by atomic mass is 10.3. The van der Waals surface area contributed by atoms with Crippen LogP contribution in [0.2, 0.25) is 10.0 Å². The van der Waals surface area contributed by atoms with Crippen LogP contribution in [0.5, 0.6) is 0 Å². The number of halogens is 2. The molecule has 98 valence electrons. The quantitative estimate of drug-likeness (QED) is 0.814. The highest BCUT2D eigenvalue weighted by Gasteiger charge is 2.19. The molecule has 2 N–H and O–H groups in total. The average Bonchev–Trinajstić information content (AvgIpc) is 2.25. The topological polar surface area (TPSA) is 79.3 Å². The molecule has 0 aliphatic rings. The molecule has 0 radical (unpaired) electrons. The number of aromatic nitrogens is 1. The third-order valence-corrected chi connectivity index (χ3v) is 3.54. The van der Waals surface area contributed by atoms with Gasteiger partial charge in [0.25, 0.3) is 0 Å². The number of pyridine rings is 1. The number of carboxylic acids is 1. The Kier molecular flexibility index (Phi) is 5.71. The lowest BCUT2D eigenvalue weighted by molar-refractivity contribution is -0.140. The second-order valence-corrected chi connectivity index (χ2v) is 5.20. The number of carbonyl (C=O) groups is 2. The van der Waals surface area contributed by atoms with Gasteiger partial charge in [0, 0.05) is 18.9 Å². The molecule has 5 nitrogen and oxygen atoms in total. The molecular formula is C10H10Cl2N2O3S. The minimum Gasteiger partial charge on any atom is -0.480 e. The van der Waals surface area contributed by atoms with Crippen molar-refractivity contribution in [3.63, 3.8) is 0 Å². The Morgan fingerprint density at radius 1 is 1.56 bits per heavy atom. The van der Waals surface area contributed by atoms with Crippen molar-refractivity contribution in [3.8, 4) is 0 Å². The van der Waals surface area contributed by atoms with Gasteiger partial charge in [0.05, 0.1) is 10.0 Å². The molecule has 1 rings (SSSR count). The first-order valence-corrected chi connectivity index (χ1v) is 6.58. The van der Waals surface area contributed by atoms with Crippen LogP contribution in [0.3, 0.4) is 0 Å². The minimum atomic E-state index is -1.11. The maximum Gasteiger partial charge on any atom is 0.327 e. The number of hydrogen-bond donors (Lipinski definition) is 2. The van der Waals surface area contributed by atoms with Crippen molar-refractivity contribution in [2.24, 2.45) is 0 Å². The van der Waals surface area contributed by atoms with Crippen LogP contribution in [0.15, 0.2) is 17.3 Å². The van der Waals surface area contributed by atoms with E-state index in [4.69, 9.17) is 28.3 Å². The second kappa shape index (κ2) is 6.82. The Morgan fingerprint density at radius 2 is 2.22 bits per heavy atom. The summed E-state index contributed by atoms with van der Waals surface area (Å²) in [5, 5.41) is 12.5. The van der Waals surface area contributed by atoms with Gasteiger partial charge in [-0.05, 0) is 6.07 Å². The van der Waals surface area contributed by atoms with E-state index in [1.54, 1.807) is 0 Å². The van der Waals surface area contributed by atoms with Crippen molar-refractivity contribution in [1.29, 1.82) is 0 Å². The molecule has 0 aromatic carbocycles. The highest BCUT2D eigenvalue weighted by atomic mass is 35.5. The summed E-state index contributed by atoms with van der Waals surface area (Å²) in [5.41, 5.74) is 0. The van der Waals surface area contributed by atoms with Gasteiger partial charge in [-0.15, -0.1) is 11.8 Å². The first-order chi connectivity index (χ1) is 8.40. The molecule has 8 heteroatoms. The first-order valence-electron chi connectivity index (χ1n) is 4.84. The van der Waals surface area contributed by atoms with Gasteiger partial charge >= 0.3 is 5.97 Å². The summed E-state index contributed by atoms with van der Waals surface area (Å²) in [7, 11) is 0. The second-order valence-electron chi connectivity index (χ2n) is 3.34. The Bertz CT molecular complexity index is 470. The molecule has 1 aromatic rings. The standard InChI is InChI=1S/C10H10Cl2N2O3S/c1-5(15)14-8(10(16)17)4-18-9-7(12)2-6(11)3-13-9/h2-3,8H,4H2,1H3,(H,14,15)(H,16,17)/t8-/m0/s1. The number of nitrogens with zero attached hydrogens (tertiary/aromatic N) is 1. The van der Waals surface area contributed by atoms with E-state index in [2.05, 4.69) is 10.3 Å². The number of amides is 1. The zero-order chi connectivity index (χ0) is 13.7. The smallest absolute Gasteiger partial charge is 0.327 e.